The monoisotopic (exact) mass is 393 g/mol. The molecule has 0 fully saturated rings. The maximum Gasteiger partial charge on any atom is 0.220 e. The summed E-state index contributed by atoms with van der Waals surface area (Å²) < 4.78 is 12.4. The quantitative estimate of drug-likeness (QED) is 0.833. The molecule has 6 heteroatoms. The Kier molecular flexibility index (Phi) is 4.67. The minimum absolute atomic E-state index is 0.00974. The minimum Gasteiger partial charge on any atom is -0.493 e. The van der Waals surface area contributed by atoms with Crippen molar-refractivity contribution in [3.05, 3.63) is 33.8 Å². The van der Waals surface area contributed by atoms with Gasteiger partial charge in [-0.15, -0.1) is 0 Å². The standard InChI is InChI=1S/C18H20BrNO4/c1-3-9(18(20)22)6-12-13(19)8-15(23-2)17-16(12)11-5-4-10(21)7-14(11)24-17/h4-5,8-9,11,14H,3,6-7H2,1-2H3,(H2,20,22). The normalized spacial score (nSPS) is 22.5. The summed E-state index contributed by atoms with van der Waals surface area (Å²) in [6, 6.07) is 1.85. The molecule has 2 N–H and O–H groups in total. The Morgan fingerprint density at radius 1 is 1.54 bits per heavy atom. The van der Waals surface area contributed by atoms with Crippen LogP contribution in [0.4, 0.5) is 0 Å². The first-order valence-corrected chi connectivity index (χ1v) is 8.81. The predicted molar refractivity (Wildman–Crippen MR) is 93.3 cm³/mol. The summed E-state index contributed by atoms with van der Waals surface area (Å²) in [6.07, 6.45) is 4.85. The van der Waals surface area contributed by atoms with Gasteiger partial charge >= 0.3 is 0 Å². The van der Waals surface area contributed by atoms with Gasteiger partial charge in [-0.3, -0.25) is 9.59 Å². The van der Waals surface area contributed by atoms with Gasteiger partial charge in [0.1, 0.15) is 6.10 Å². The van der Waals surface area contributed by atoms with E-state index in [9.17, 15) is 9.59 Å². The summed E-state index contributed by atoms with van der Waals surface area (Å²) >= 11 is 3.60. The molecule has 0 saturated carbocycles. The number of rotatable bonds is 5. The molecule has 1 aliphatic heterocycles. The van der Waals surface area contributed by atoms with Crippen LogP contribution in [0.25, 0.3) is 0 Å². The molecule has 0 bridgehead atoms. The molecular formula is C18H20BrNO4. The second kappa shape index (κ2) is 6.59. The molecule has 5 nitrogen and oxygen atoms in total. The zero-order valence-corrected chi connectivity index (χ0v) is 15.3. The van der Waals surface area contributed by atoms with E-state index in [1.807, 2.05) is 19.1 Å². The lowest BCUT2D eigenvalue weighted by atomic mass is 9.83. The highest BCUT2D eigenvalue weighted by atomic mass is 79.9. The van der Waals surface area contributed by atoms with Gasteiger partial charge in [0.25, 0.3) is 0 Å². The summed E-state index contributed by atoms with van der Waals surface area (Å²) in [4.78, 5) is 23.4. The number of fused-ring (bicyclic) bond motifs is 3. The van der Waals surface area contributed by atoms with Crippen LogP contribution in [-0.4, -0.2) is 24.9 Å². The number of benzene rings is 1. The first-order valence-electron chi connectivity index (χ1n) is 8.02. The highest BCUT2D eigenvalue weighted by Gasteiger charge is 2.41. The van der Waals surface area contributed by atoms with Gasteiger partial charge in [-0.05, 0) is 30.5 Å². The largest absolute Gasteiger partial charge is 0.493 e. The number of ether oxygens (including phenoxy) is 2. The van der Waals surface area contributed by atoms with E-state index in [2.05, 4.69) is 15.9 Å². The van der Waals surface area contributed by atoms with Crippen molar-refractivity contribution in [2.24, 2.45) is 11.7 Å². The zero-order valence-electron chi connectivity index (χ0n) is 13.7. The molecule has 1 heterocycles. The molecule has 0 spiro atoms. The maximum absolute atomic E-state index is 11.7. The van der Waals surface area contributed by atoms with Crippen LogP contribution >= 0.6 is 15.9 Å². The van der Waals surface area contributed by atoms with E-state index < -0.39 is 0 Å². The molecule has 3 atom stereocenters. The van der Waals surface area contributed by atoms with Gasteiger partial charge in [0.2, 0.25) is 5.91 Å². The third-order valence-electron chi connectivity index (χ3n) is 4.80. The lowest BCUT2D eigenvalue weighted by molar-refractivity contribution is -0.121. The molecule has 1 aromatic carbocycles. The van der Waals surface area contributed by atoms with E-state index in [0.717, 1.165) is 15.6 Å². The fourth-order valence-electron chi connectivity index (χ4n) is 3.47. The molecule has 0 aromatic heterocycles. The molecule has 0 radical (unpaired) electrons. The number of methoxy groups -OCH3 is 1. The second-order valence-corrected chi connectivity index (χ2v) is 7.06. The molecule has 1 amide bonds. The van der Waals surface area contributed by atoms with Crippen LogP contribution in [0.5, 0.6) is 11.5 Å². The number of allylic oxidation sites excluding steroid dienone is 1. The van der Waals surface area contributed by atoms with Crippen LogP contribution in [0.2, 0.25) is 0 Å². The molecular weight excluding hydrogens is 374 g/mol. The number of halogens is 1. The van der Waals surface area contributed by atoms with Crippen LogP contribution in [-0.2, 0) is 16.0 Å². The highest BCUT2D eigenvalue weighted by molar-refractivity contribution is 9.10. The first-order chi connectivity index (χ1) is 11.5. The van der Waals surface area contributed by atoms with Crippen LogP contribution in [0.15, 0.2) is 22.7 Å². The molecule has 2 aliphatic rings. The second-order valence-electron chi connectivity index (χ2n) is 6.21. The van der Waals surface area contributed by atoms with E-state index in [1.165, 1.54) is 0 Å². The fourth-order valence-corrected chi connectivity index (χ4v) is 4.05. The van der Waals surface area contributed by atoms with Crippen molar-refractivity contribution in [1.29, 1.82) is 0 Å². The summed E-state index contributed by atoms with van der Waals surface area (Å²) in [5.41, 5.74) is 7.53. The van der Waals surface area contributed by atoms with Gasteiger partial charge in [0, 0.05) is 28.3 Å². The zero-order chi connectivity index (χ0) is 17.4. The number of ketones is 1. The molecule has 128 valence electrons. The summed E-state index contributed by atoms with van der Waals surface area (Å²) in [6.45, 7) is 1.95. The van der Waals surface area contributed by atoms with Gasteiger partial charge in [0.15, 0.2) is 17.3 Å². The van der Waals surface area contributed by atoms with Gasteiger partial charge in [-0.1, -0.05) is 28.9 Å². The molecule has 1 aromatic rings. The van der Waals surface area contributed by atoms with Gasteiger partial charge in [-0.2, -0.15) is 0 Å². The van der Waals surface area contributed by atoms with Gasteiger partial charge < -0.3 is 15.2 Å². The third-order valence-corrected chi connectivity index (χ3v) is 5.51. The number of carbonyl (C=O) groups excluding carboxylic acids is 2. The molecule has 0 saturated heterocycles. The van der Waals surface area contributed by atoms with Crippen LogP contribution in [0, 0.1) is 5.92 Å². The smallest absolute Gasteiger partial charge is 0.220 e. The Labute approximate surface area is 149 Å². The van der Waals surface area contributed by atoms with E-state index in [1.54, 1.807) is 13.2 Å². The summed E-state index contributed by atoms with van der Waals surface area (Å²) in [5, 5.41) is 0. The van der Waals surface area contributed by atoms with Crippen molar-refractivity contribution >= 4 is 27.6 Å². The molecule has 3 unspecified atom stereocenters. The number of hydrogen-bond acceptors (Lipinski definition) is 4. The van der Waals surface area contributed by atoms with E-state index >= 15 is 0 Å². The fraction of sp³-hybridized carbons (Fsp3) is 0.444. The van der Waals surface area contributed by atoms with Crippen LogP contribution < -0.4 is 15.2 Å². The summed E-state index contributed by atoms with van der Waals surface area (Å²) in [7, 11) is 1.59. The highest BCUT2D eigenvalue weighted by Crippen LogP contribution is 2.51. The van der Waals surface area contributed by atoms with E-state index in [-0.39, 0.29) is 29.6 Å². The Morgan fingerprint density at radius 2 is 2.29 bits per heavy atom. The van der Waals surface area contributed by atoms with Crippen molar-refractivity contribution in [3.8, 4) is 11.5 Å². The van der Waals surface area contributed by atoms with Crippen molar-refractivity contribution in [3.63, 3.8) is 0 Å². The molecule has 1 aliphatic carbocycles. The van der Waals surface area contributed by atoms with Crippen molar-refractivity contribution in [2.45, 2.75) is 38.2 Å². The Balaban J connectivity index is 2.11. The Morgan fingerprint density at radius 3 is 2.92 bits per heavy atom. The van der Waals surface area contributed by atoms with Crippen LogP contribution in [0.1, 0.15) is 36.8 Å². The number of amides is 1. The van der Waals surface area contributed by atoms with Crippen molar-refractivity contribution < 1.29 is 19.1 Å². The van der Waals surface area contributed by atoms with Crippen molar-refractivity contribution in [1.82, 2.24) is 0 Å². The average Bonchev–Trinajstić information content (AvgIpc) is 2.91. The van der Waals surface area contributed by atoms with Gasteiger partial charge in [-0.25, -0.2) is 0 Å². The predicted octanol–water partition coefficient (Wildman–Crippen LogP) is 2.89. The number of primary amides is 1. The van der Waals surface area contributed by atoms with Crippen molar-refractivity contribution in [2.75, 3.05) is 7.11 Å². The summed E-state index contributed by atoms with van der Waals surface area (Å²) in [5.74, 6) is 0.801. The topological polar surface area (TPSA) is 78.6 Å². The van der Waals surface area contributed by atoms with Gasteiger partial charge in [0.05, 0.1) is 7.11 Å². The van der Waals surface area contributed by atoms with Crippen LogP contribution in [0.3, 0.4) is 0 Å². The number of nitrogens with two attached hydrogens (primary N) is 1. The third kappa shape index (κ3) is 2.83. The molecule has 3 rings (SSSR count). The van der Waals surface area contributed by atoms with E-state index in [4.69, 9.17) is 15.2 Å². The average molecular weight is 394 g/mol. The Bertz CT molecular complexity index is 728. The first kappa shape index (κ1) is 17.0. The Hall–Kier alpha value is -1.82. The maximum atomic E-state index is 11.7. The van der Waals surface area contributed by atoms with E-state index in [0.29, 0.717) is 30.8 Å². The molecule has 24 heavy (non-hydrogen) atoms. The number of carbonyl (C=O) groups is 2. The SMILES string of the molecule is CCC(Cc1c(Br)cc(OC)c2c1C1C=CC(=O)CC1O2)C(N)=O. The lowest BCUT2D eigenvalue weighted by Gasteiger charge is -2.21. The lowest BCUT2D eigenvalue weighted by Crippen LogP contribution is -2.26. The minimum atomic E-state index is -0.307. The number of hydrogen-bond donors (Lipinski definition) is 1.